The number of rotatable bonds is 6. The molecule has 8 heteroatoms. The Balaban J connectivity index is 2.08. The number of anilines is 2. The Morgan fingerprint density at radius 3 is 2.83 bits per heavy atom. The first kappa shape index (κ1) is 16.6. The number of aromatic nitrogens is 3. The number of carbonyl (C=O) groups excluding carboxylic acids is 1. The van der Waals surface area contributed by atoms with E-state index >= 15 is 0 Å². The minimum Gasteiger partial charge on any atom is -0.383 e. The van der Waals surface area contributed by atoms with Crippen LogP contribution in [-0.2, 0) is 17.9 Å². The van der Waals surface area contributed by atoms with E-state index in [1.165, 1.54) is 13.3 Å². The first-order valence-electron chi connectivity index (χ1n) is 7.02. The quantitative estimate of drug-likeness (QED) is 0.803. The van der Waals surface area contributed by atoms with Crippen LogP contribution in [0.2, 0.25) is 0 Å². The fourth-order valence-corrected chi connectivity index (χ4v) is 2.04. The van der Waals surface area contributed by atoms with Crippen LogP contribution in [0.5, 0.6) is 0 Å². The molecule has 0 saturated heterocycles. The molecule has 1 amide bonds. The summed E-state index contributed by atoms with van der Waals surface area (Å²) in [6.07, 6.45) is 3.09. The summed E-state index contributed by atoms with van der Waals surface area (Å²) in [4.78, 5) is 26.6. The number of hydrogen-bond acceptors (Lipinski definition) is 7. The zero-order chi connectivity index (χ0) is 16.8. The molecule has 2 rings (SSSR count). The fourth-order valence-electron chi connectivity index (χ4n) is 2.04. The minimum absolute atomic E-state index is 0.124. The van der Waals surface area contributed by atoms with Crippen LogP contribution in [-0.4, -0.2) is 42.1 Å². The molecule has 2 aromatic rings. The average Bonchev–Trinajstić information content (AvgIpc) is 2.53. The number of methoxy groups -OCH3 is 1. The molecule has 0 bridgehead atoms. The highest BCUT2D eigenvalue weighted by atomic mass is 16.5. The maximum Gasteiger partial charge on any atom is 0.256 e. The van der Waals surface area contributed by atoms with Gasteiger partial charge in [-0.2, -0.15) is 0 Å². The topological polar surface area (TPSA) is 106 Å². The second-order valence-corrected chi connectivity index (χ2v) is 5.06. The van der Waals surface area contributed by atoms with E-state index in [1.54, 1.807) is 6.20 Å². The fraction of sp³-hybridized carbons (Fsp3) is 0.333. The molecule has 2 heterocycles. The van der Waals surface area contributed by atoms with Crippen LogP contribution >= 0.6 is 0 Å². The lowest BCUT2D eigenvalue weighted by Crippen LogP contribution is -2.26. The van der Waals surface area contributed by atoms with E-state index in [9.17, 15) is 4.79 Å². The van der Waals surface area contributed by atoms with E-state index < -0.39 is 0 Å². The maximum atomic E-state index is 12.2. The SMILES string of the molecule is COCc1ncc(C(=O)NCc2ncccc2N(C)C)c(N)n1. The summed E-state index contributed by atoms with van der Waals surface area (Å²) in [5, 5.41) is 2.78. The van der Waals surface area contributed by atoms with Gasteiger partial charge in [0, 0.05) is 33.6 Å². The van der Waals surface area contributed by atoms with Gasteiger partial charge in [0.05, 0.1) is 23.5 Å². The number of amides is 1. The molecule has 0 atom stereocenters. The van der Waals surface area contributed by atoms with Crippen LogP contribution in [0.1, 0.15) is 21.9 Å². The van der Waals surface area contributed by atoms with Gasteiger partial charge in [-0.3, -0.25) is 9.78 Å². The zero-order valence-corrected chi connectivity index (χ0v) is 13.4. The summed E-state index contributed by atoms with van der Waals surface area (Å²) in [6.45, 7) is 0.526. The predicted octanol–water partition coefficient (Wildman–Crippen LogP) is 0.596. The van der Waals surface area contributed by atoms with Crippen molar-refractivity contribution in [1.29, 1.82) is 0 Å². The third kappa shape index (κ3) is 4.13. The summed E-state index contributed by atoms with van der Waals surface area (Å²) in [7, 11) is 5.38. The molecule has 3 N–H and O–H groups in total. The molecule has 122 valence electrons. The zero-order valence-electron chi connectivity index (χ0n) is 13.4. The predicted molar refractivity (Wildman–Crippen MR) is 86.9 cm³/mol. The van der Waals surface area contributed by atoms with Gasteiger partial charge in [-0.05, 0) is 12.1 Å². The van der Waals surface area contributed by atoms with E-state index in [0.717, 1.165) is 11.4 Å². The molecule has 0 fully saturated rings. The smallest absolute Gasteiger partial charge is 0.256 e. The molecule has 0 spiro atoms. The van der Waals surface area contributed by atoms with Crippen molar-refractivity contribution in [3.8, 4) is 0 Å². The Bertz CT molecular complexity index is 689. The normalized spacial score (nSPS) is 10.4. The molecule has 0 aliphatic heterocycles. The van der Waals surface area contributed by atoms with Crippen molar-refractivity contribution >= 4 is 17.4 Å². The van der Waals surface area contributed by atoms with Crippen LogP contribution < -0.4 is 16.0 Å². The Labute approximate surface area is 134 Å². The molecule has 2 aromatic heterocycles. The van der Waals surface area contributed by atoms with Crippen molar-refractivity contribution in [2.24, 2.45) is 0 Å². The van der Waals surface area contributed by atoms with Gasteiger partial charge in [-0.25, -0.2) is 9.97 Å². The molecule has 0 aliphatic rings. The van der Waals surface area contributed by atoms with Gasteiger partial charge in [0.2, 0.25) is 0 Å². The lowest BCUT2D eigenvalue weighted by Gasteiger charge is -2.16. The largest absolute Gasteiger partial charge is 0.383 e. The molecule has 0 unspecified atom stereocenters. The summed E-state index contributed by atoms with van der Waals surface area (Å²) in [6, 6.07) is 3.78. The van der Waals surface area contributed by atoms with E-state index in [1.807, 2.05) is 31.1 Å². The Kier molecular flexibility index (Phi) is 5.42. The molecular weight excluding hydrogens is 296 g/mol. The summed E-state index contributed by atoms with van der Waals surface area (Å²) in [5.41, 5.74) is 7.74. The molecule has 8 nitrogen and oxygen atoms in total. The van der Waals surface area contributed by atoms with Crippen molar-refractivity contribution in [1.82, 2.24) is 20.3 Å². The van der Waals surface area contributed by atoms with Gasteiger partial charge in [0.1, 0.15) is 12.4 Å². The van der Waals surface area contributed by atoms with Crippen LogP contribution in [0, 0.1) is 0 Å². The van der Waals surface area contributed by atoms with Gasteiger partial charge >= 0.3 is 0 Å². The molecule has 0 radical (unpaired) electrons. The third-order valence-corrected chi connectivity index (χ3v) is 3.15. The number of nitrogen functional groups attached to an aromatic ring is 1. The van der Waals surface area contributed by atoms with Gasteiger partial charge in [-0.1, -0.05) is 0 Å². The van der Waals surface area contributed by atoms with Crippen LogP contribution in [0.4, 0.5) is 11.5 Å². The highest BCUT2D eigenvalue weighted by Crippen LogP contribution is 2.15. The number of carbonyl (C=O) groups is 1. The van der Waals surface area contributed by atoms with Crippen molar-refractivity contribution in [2.45, 2.75) is 13.2 Å². The number of nitrogens with zero attached hydrogens (tertiary/aromatic N) is 4. The van der Waals surface area contributed by atoms with Crippen LogP contribution in [0.25, 0.3) is 0 Å². The van der Waals surface area contributed by atoms with Gasteiger partial charge < -0.3 is 20.7 Å². The van der Waals surface area contributed by atoms with Crippen LogP contribution in [0.3, 0.4) is 0 Å². The van der Waals surface area contributed by atoms with Gasteiger partial charge in [-0.15, -0.1) is 0 Å². The Morgan fingerprint density at radius 2 is 2.17 bits per heavy atom. The lowest BCUT2D eigenvalue weighted by molar-refractivity contribution is 0.0950. The second kappa shape index (κ2) is 7.50. The Morgan fingerprint density at radius 1 is 1.39 bits per heavy atom. The number of nitrogens with two attached hydrogens (primary N) is 1. The summed E-state index contributed by atoms with van der Waals surface area (Å²) < 4.78 is 4.93. The van der Waals surface area contributed by atoms with Crippen molar-refractivity contribution in [3.05, 3.63) is 41.6 Å². The molecular formula is C15H20N6O2. The monoisotopic (exact) mass is 316 g/mol. The Hall–Kier alpha value is -2.74. The van der Waals surface area contributed by atoms with Gasteiger partial charge in [0.25, 0.3) is 5.91 Å². The average molecular weight is 316 g/mol. The standard InChI is InChI=1S/C15H20N6O2/c1-21(2)12-5-4-6-17-11(12)8-19-15(22)10-7-18-13(9-23-3)20-14(10)16/h4-7H,8-9H2,1-3H3,(H,19,22)(H2,16,18,20). The minimum atomic E-state index is -0.346. The van der Waals surface area contributed by atoms with Crippen LogP contribution in [0.15, 0.2) is 24.5 Å². The number of hydrogen-bond donors (Lipinski definition) is 2. The number of nitrogens with one attached hydrogen (secondary N) is 1. The third-order valence-electron chi connectivity index (χ3n) is 3.15. The summed E-state index contributed by atoms with van der Waals surface area (Å²) >= 11 is 0. The molecule has 0 aromatic carbocycles. The first-order valence-corrected chi connectivity index (χ1v) is 7.02. The van der Waals surface area contributed by atoms with Gasteiger partial charge in [0.15, 0.2) is 5.82 Å². The number of pyridine rings is 1. The highest BCUT2D eigenvalue weighted by molar-refractivity contribution is 5.97. The highest BCUT2D eigenvalue weighted by Gasteiger charge is 2.14. The van der Waals surface area contributed by atoms with E-state index in [-0.39, 0.29) is 30.4 Å². The van der Waals surface area contributed by atoms with E-state index in [2.05, 4.69) is 20.3 Å². The number of ether oxygens (including phenoxy) is 1. The molecule has 23 heavy (non-hydrogen) atoms. The first-order chi connectivity index (χ1) is 11.0. The van der Waals surface area contributed by atoms with Crippen molar-refractivity contribution < 1.29 is 9.53 Å². The van der Waals surface area contributed by atoms with Crippen molar-refractivity contribution in [2.75, 3.05) is 31.8 Å². The molecule has 0 aliphatic carbocycles. The van der Waals surface area contributed by atoms with E-state index in [0.29, 0.717) is 5.82 Å². The van der Waals surface area contributed by atoms with E-state index in [4.69, 9.17) is 10.5 Å². The molecule has 0 saturated carbocycles. The summed E-state index contributed by atoms with van der Waals surface area (Å²) in [5.74, 6) is 0.210. The maximum absolute atomic E-state index is 12.2. The second-order valence-electron chi connectivity index (χ2n) is 5.06. The van der Waals surface area contributed by atoms with Crippen molar-refractivity contribution in [3.63, 3.8) is 0 Å². The lowest BCUT2D eigenvalue weighted by atomic mass is 10.2.